The van der Waals surface area contributed by atoms with Gasteiger partial charge in [0.25, 0.3) is 0 Å². The molecule has 0 aliphatic heterocycles. The van der Waals surface area contributed by atoms with Crippen LogP contribution in [0.1, 0.15) is 44.9 Å². The largest absolute Gasteiger partial charge is 0.396 e. The fraction of sp³-hybridized carbons (Fsp3) is 1.00. The van der Waals surface area contributed by atoms with Crippen LogP contribution in [0.2, 0.25) is 0 Å². The van der Waals surface area contributed by atoms with Gasteiger partial charge in [0.2, 0.25) is 0 Å². The highest BCUT2D eigenvalue weighted by Gasteiger charge is 2.56. The van der Waals surface area contributed by atoms with Crippen molar-refractivity contribution in [2.45, 2.75) is 44.9 Å². The molecule has 0 aromatic carbocycles. The molecule has 3 fully saturated rings. The lowest BCUT2D eigenvalue weighted by atomic mass is 9.75. The standard InChI is InChI=1S/C12H20O/c13-8-11-7-12(11)5-1-2-10(6-12)9-3-4-9/h9-11,13H,1-8H2. The van der Waals surface area contributed by atoms with Crippen molar-refractivity contribution >= 4 is 0 Å². The smallest absolute Gasteiger partial charge is 0.0464 e. The summed E-state index contributed by atoms with van der Waals surface area (Å²) in [5, 5.41) is 9.16. The average molecular weight is 180 g/mol. The molecule has 3 unspecified atom stereocenters. The van der Waals surface area contributed by atoms with Crippen molar-refractivity contribution < 1.29 is 5.11 Å². The molecule has 0 heterocycles. The first-order valence-electron chi connectivity index (χ1n) is 5.95. The lowest BCUT2D eigenvalue weighted by Crippen LogP contribution is -2.20. The predicted octanol–water partition coefficient (Wildman–Crippen LogP) is 2.59. The monoisotopic (exact) mass is 180 g/mol. The van der Waals surface area contributed by atoms with Crippen LogP contribution >= 0.6 is 0 Å². The first kappa shape index (κ1) is 8.28. The minimum atomic E-state index is 0.456. The van der Waals surface area contributed by atoms with E-state index in [1.165, 1.54) is 44.9 Å². The molecule has 3 saturated carbocycles. The molecule has 3 aliphatic rings. The third kappa shape index (κ3) is 1.32. The number of hydrogen-bond acceptors (Lipinski definition) is 1. The Hall–Kier alpha value is -0.0400. The molecule has 0 aromatic rings. The Morgan fingerprint density at radius 2 is 1.92 bits per heavy atom. The second-order valence-corrected chi connectivity index (χ2v) is 5.64. The van der Waals surface area contributed by atoms with E-state index in [9.17, 15) is 0 Å². The van der Waals surface area contributed by atoms with Gasteiger partial charge in [0.1, 0.15) is 0 Å². The molecule has 1 spiro atoms. The zero-order valence-electron chi connectivity index (χ0n) is 8.34. The molecule has 0 saturated heterocycles. The van der Waals surface area contributed by atoms with Crippen molar-refractivity contribution in [2.24, 2.45) is 23.2 Å². The SMILES string of the molecule is OCC1CC12CCCC(C1CC1)C2. The molecular formula is C12H20O. The predicted molar refractivity (Wildman–Crippen MR) is 52.3 cm³/mol. The van der Waals surface area contributed by atoms with Crippen LogP contribution in [0.5, 0.6) is 0 Å². The van der Waals surface area contributed by atoms with Gasteiger partial charge in [-0.05, 0) is 55.3 Å². The van der Waals surface area contributed by atoms with Gasteiger partial charge in [0.15, 0.2) is 0 Å². The van der Waals surface area contributed by atoms with Gasteiger partial charge in [-0.25, -0.2) is 0 Å². The van der Waals surface area contributed by atoms with Crippen molar-refractivity contribution in [2.75, 3.05) is 6.61 Å². The van der Waals surface area contributed by atoms with E-state index in [-0.39, 0.29) is 0 Å². The third-order valence-electron chi connectivity index (χ3n) is 4.79. The first-order chi connectivity index (χ1) is 6.34. The third-order valence-corrected chi connectivity index (χ3v) is 4.79. The van der Waals surface area contributed by atoms with Gasteiger partial charge in [0, 0.05) is 6.61 Å². The molecule has 3 aliphatic carbocycles. The maximum atomic E-state index is 9.16. The first-order valence-corrected chi connectivity index (χ1v) is 5.95. The van der Waals surface area contributed by atoms with Gasteiger partial charge in [-0.3, -0.25) is 0 Å². The van der Waals surface area contributed by atoms with E-state index >= 15 is 0 Å². The number of hydrogen-bond donors (Lipinski definition) is 1. The molecule has 0 amide bonds. The summed E-state index contributed by atoms with van der Waals surface area (Å²) in [5.74, 6) is 2.83. The van der Waals surface area contributed by atoms with E-state index in [2.05, 4.69) is 0 Å². The van der Waals surface area contributed by atoms with Gasteiger partial charge in [-0.15, -0.1) is 0 Å². The van der Waals surface area contributed by atoms with Crippen LogP contribution in [0.3, 0.4) is 0 Å². The lowest BCUT2D eigenvalue weighted by Gasteiger charge is -2.30. The van der Waals surface area contributed by atoms with Gasteiger partial charge in [-0.1, -0.05) is 12.8 Å². The molecule has 1 N–H and O–H groups in total. The number of aliphatic hydroxyl groups excluding tert-OH is 1. The van der Waals surface area contributed by atoms with Gasteiger partial charge in [0.05, 0.1) is 0 Å². The van der Waals surface area contributed by atoms with Crippen LogP contribution in [-0.2, 0) is 0 Å². The summed E-state index contributed by atoms with van der Waals surface area (Å²) < 4.78 is 0. The zero-order valence-corrected chi connectivity index (χ0v) is 8.34. The van der Waals surface area contributed by atoms with Crippen molar-refractivity contribution in [3.63, 3.8) is 0 Å². The molecule has 3 rings (SSSR count). The summed E-state index contributed by atoms with van der Waals surface area (Å²) in [4.78, 5) is 0. The molecule has 1 heteroatoms. The van der Waals surface area contributed by atoms with Crippen LogP contribution in [-0.4, -0.2) is 11.7 Å². The average Bonchev–Trinajstić information content (AvgIpc) is 3.00. The van der Waals surface area contributed by atoms with Crippen molar-refractivity contribution in [1.29, 1.82) is 0 Å². The van der Waals surface area contributed by atoms with Crippen LogP contribution in [0, 0.1) is 23.2 Å². The van der Waals surface area contributed by atoms with Crippen molar-refractivity contribution in [1.82, 2.24) is 0 Å². The van der Waals surface area contributed by atoms with Crippen molar-refractivity contribution in [3.8, 4) is 0 Å². The fourth-order valence-corrected chi connectivity index (χ4v) is 3.66. The summed E-state index contributed by atoms with van der Waals surface area (Å²) in [6.07, 6.45) is 10.2. The van der Waals surface area contributed by atoms with Crippen molar-refractivity contribution in [3.05, 3.63) is 0 Å². The van der Waals surface area contributed by atoms with E-state index in [0.29, 0.717) is 17.9 Å². The number of aliphatic hydroxyl groups is 1. The minimum Gasteiger partial charge on any atom is -0.396 e. The van der Waals surface area contributed by atoms with E-state index in [1.54, 1.807) is 0 Å². The normalized spacial score (nSPS) is 49.6. The maximum absolute atomic E-state index is 9.16. The molecule has 0 aromatic heterocycles. The maximum Gasteiger partial charge on any atom is 0.0464 e. The highest BCUT2D eigenvalue weighted by atomic mass is 16.3. The zero-order chi connectivity index (χ0) is 8.89. The minimum absolute atomic E-state index is 0.456. The number of rotatable bonds is 2. The summed E-state index contributed by atoms with van der Waals surface area (Å²) in [6.45, 7) is 0.456. The fourth-order valence-electron chi connectivity index (χ4n) is 3.66. The molecule has 13 heavy (non-hydrogen) atoms. The summed E-state index contributed by atoms with van der Waals surface area (Å²) in [6, 6.07) is 0. The highest BCUT2D eigenvalue weighted by Crippen LogP contribution is 2.64. The Kier molecular flexibility index (Phi) is 1.74. The van der Waals surface area contributed by atoms with Crippen LogP contribution < -0.4 is 0 Å². The molecule has 0 bridgehead atoms. The van der Waals surface area contributed by atoms with Gasteiger partial charge in [-0.2, -0.15) is 0 Å². The summed E-state index contributed by atoms with van der Waals surface area (Å²) in [7, 11) is 0. The molecule has 74 valence electrons. The summed E-state index contributed by atoms with van der Waals surface area (Å²) in [5.41, 5.74) is 0.639. The molecule has 1 nitrogen and oxygen atoms in total. The topological polar surface area (TPSA) is 20.2 Å². The second kappa shape index (κ2) is 2.73. The molecule has 0 radical (unpaired) electrons. The van der Waals surface area contributed by atoms with Gasteiger partial charge >= 0.3 is 0 Å². The van der Waals surface area contributed by atoms with E-state index in [0.717, 1.165) is 11.8 Å². The van der Waals surface area contributed by atoms with Crippen LogP contribution in [0.25, 0.3) is 0 Å². The Labute approximate surface area is 80.5 Å². The van der Waals surface area contributed by atoms with E-state index in [4.69, 9.17) is 5.11 Å². The van der Waals surface area contributed by atoms with E-state index < -0.39 is 0 Å². The molecule has 3 atom stereocenters. The highest BCUT2D eigenvalue weighted by molar-refractivity contribution is 5.06. The van der Waals surface area contributed by atoms with Gasteiger partial charge < -0.3 is 5.11 Å². The Morgan fingerprint density at radius 3 is 2.54 bits per heavy atom. The lowest BCUT2D eigenvalue weighted by molar-refractivity contribution is 0.177. The van der Waals surface area contributed by atoms with Crippen LogP contribution in [0.4, 0.5) is 0 Å². The van der Waals surface area contributed by atoms with Crippen LogP contribution in [0.15, 0.2) is 0 Å². The van der Waals surface area contributed by atoms with E-state index in [1.807, 2.05) is 0 Å². The quantitative estimate of drug-likeness (QED) is 0.692. The Bertz CT molecular complexity index is 209. The Balaban J connectivity index is 1.64. The summed E-state index contributed by atoms with van der Waals surface area (Å²) >= 11 is 0. The Morgan fingerprint density at radius 1 is 1.08 bits per heavy atom. The second-order valence-electron chi connectivity index (χ2n) is 5.64. The molecular weight excluding hydrogens is 160 g/mol.